The molecule has 2 aromatic rings. The number of alkyl carbamates (subject to hydrolysis) is 1. The number of carbonyl (C=O) groups is 2. The van der Waals surface area contributed by atoms with Gasteiger partial charge < -0.3 is 15.2 Å². The van der Waals surface area contributed by atoms with Gasteiger partial charge in [0.1, 0.15) is 6.61 Å². The van der Waals surface area contributed by atoms with Crippen LogP contribution < -0.4 is 5.32 Å². The van der Waals surface area contributed by atoms with Gasteiger partial charge in [-0.3, -0.25) is 0 Å². The molecule has 0 atom stereocenters. The predicted octanol–water partition coefficient (Wildman–Crippen LogP) is 3.72. The second-order valence-electron chi connectivity index (χ2n) is 5.15. The van der Waals surface area contributed by atoms with Crippen molar-refractivity contribution in [3.63, 3.8) is 0 Å². The van der Waals surface area contributed by atoms with Crippen LogP contribution in [0.2, 0.25) is 0 Å². The van der Waals surface area contributed by atoms with Crippen molar-refractivity contribution in [2.24, 2.45) is 0 Å². The number of aliphatic carboxylic acids is 1. The Morgan fingerprint density at radius 3 is 2.28 bits per heavy atom. The lowest BCUT2D eigenvalue weighted by Crippen LogP contribution is -2.24. The maximum absolute atomic E-state index is 11.6. The van der Waals surface area contributed by atoms with E-state index in [0.717, 1.165) is 22.8 Å². The summed E-state index contributed by atoms with van der Waals surface area (Å²) in [5.74, 6) is -0.999. The third kappa shape index (κ3) is 6.74. The minimum Gasteiger partial charge on any atom is -0.478 e. The van der Waals surface area contributed by atoms with Gasteiger partial charge >= 0.3 is 12.1 Å². The van der Waals surface area contributed by atoms with Gasteiger partial charge in [-0.15, -0.1) is 0 Å². The zero-order valence-corrected chi connectivity index (χ0v) is 13.6. The van der Waals surface area contributed by atoms with Crippen molar-refractivity contribution in [2.75, 3.05) is 6.54 Å². The molecule has 0 fully saturated rings. The highest BCUT2D eigenvalue weighted by Crippen LogP contribution is 2.12. The van der Waals surface area contributed by atoms with Crippen LogP contribution in [0.25, 0.3) is 12.2 Å². The first-order chi connectivity index (χ1) is 12.1. The Morgan fingerprint density at radius 1 is 0.960 bits per heavy atom. The van der Waals surface area contributed by atoms with E-state index in [4.69, 9.17) is 9.84 Å². The fourth-order valence-electron chi connectivity index (χ4n) is 2.08. The molecule has 0 unspecified atom stereocenters. The van der Waals surface area contributed by atoms with Crippen molar-refractivity contribution in [3.8, 4) is 0 Å². The first-order valence-electron chi connectivity index (χ1n) is 7.76. The first-order valence-corrected chi connectivity index (χ1v) is 7.76. The smallest absolute Gasteiger partial charge is 0.407 e. The third-order valence-electron chi connectivity index (χ3n) is 3.28. The Hall–Kier alpha value is -3.34. The number of carboxylic acid groups (broad SMARTS) is 1. The maximum Gasteiger partial charge on any atom is 0.407 e. The number of carbonyl (C=O) groups excluding carboxylic acids is 1. The fourth-order valence-corrected chi connectivity index (χ4v) is 2.08. The van der Waals surface area contributed by atoms with Gasteiger partial charge in [-0.05, 0) is 22.8 Å². The molecule has 2 rings (SSSR count). The lowest BCUT2D eigenvalue weighted by atomic mass is 10.1. The highest BCUT2D eigenvalue weighted by molar-refractivity contribution is 5.86. The van der Waals surface area contributed by atoms with Gasteiger partial charge in [0.05, 0.1) is 0 Å². The van der Waals surface area contributed by atoms with Crippen LogP contribution in [0.4, 0.5) is 4.79 Å². The number of rotatable bonds is 7. The molecule has 0 heterocycles. The number of amides is 1. The van der Waals surface area contributed by atoms with Crippen molar-refractivity contribution in [1.29, 1.82) is 0 Å². The lowest BCUT2D eigenvalue weighted by Gasteiger charge is -2.05. The number of benzene rings is 2. The molecular weight excluding hydrogens is 318 g/mol. The van der Waals surface area contributed by atoms with E-state index in [1.165, 1.54) is 6.08 Å². The Bertz CT molecular complexity index is 766. The summed E-state index contributed by atoms with van der Waals surface area (Å²) >= 11 is 0. The molecule has 5 heteroatoms. The van der Waals surface area contributed by atoms with Crippen molar-refractivity contribution in [1.82, 2.24) is 5.32 Å². The van der Waals surface area contributed by atoms with Crippen LogP contribution in [0.5, 0.6) is 0 Å². The summed E-state index contributed by atoms with van der Waals surface area (Å²) in [5.41, 5.74) is 2.57. The summed E-state index contributed by atoms with van der Waals surface area (Å²) < 4.78 is 5.11. The fraction of sp³-hybridized carbons (Fsp3) is 0.100. The third-order valence-corrected chi connectivity index (χ3v) is 3.28. The molecule has 128 valence electrons. The van der Waals surface area contributed by atoms with Crippen LogP contribution >= 0.6 is 0 Å². The molecule has 0 aromatic heterocycles. The number of hydrogen-bond acceptors (Lipinski definition) is 3. The van der Waals surface area contributed by atoms with Crippen molar-refractivity contribution in [3.05, 3.63) is 83.4 Å². The number of ether oxygens (including phenoxy) is 1. The molecule has 2 N–H and O–H groups in total. The monoisotopic (exact) mass is 337 g/mol. The van der Waals surface area contributed by atoms with E-state index < -0.39 is 12.1 Å². The van der Waals surface area contributed by atoms with E-state index in [0.29, 0.717) is 6.54 Å². The van der Waals surface area contributed by atoms with Crippen molar-refractivity contribution >= 4 is 24.2 Å². The standard InChI is InChI=1S/C20H19NO4/c22-19(23)13-12-18-10-5-4-9-17(18)11-6-14-21-20(24)25-15-16-7-2-1-3-8-16/h1-13H,14-15H2,(H,21,24)(H,22,23)/b11-6?,13-12+. The van der Waals surface area contributed by atoms with Gasteiger partial charge in [0.15, 0.2) is 0 Å². The topological polar surface area (TPSA) is 75.6 Å². The van der Waals surface area contributed by atoms with Gasteiger partial charge in [0.25, 0.3) is 0 Å². The van der Waals surface area contributed by atoms with Gasteiger partial charge in [-0.25, -0.2) is 9.59 Å². The Kier molecular flexibility index (Phi) is 7.00. The molecule has 0 spiro atoms. The Labute approximate surface area is 146 Å². The number of hydrogen-bond donors (Lipinski definition) is 2. The normalized spacial score (nSPS) is 10.9. The maximum atomic E-state index is 11.6. The molecule has 25 heavy (non-hydrogen) atoms. The van der Waals surface area contributed by atoms with Gasteiger partial charge in [-0.1, -0.05) is 66.7 Å². The number of carboxylic acids is 1. The summed E-state index contributed by atoms with van der Waals surface area (Å²) in [7, 11) is 0. The molecule has 0 radical (unpaired) electrons. The summed E-state index contributed by atoms with van der Waals surface area (Å²) in [4.78, 5) is 22.2. The van der Waals surface area contributed by atoms with Gasteiger partial charge in [0, 0.05) is 12.6 Å². The minimum absolute atomic E-state index is 0.221. The Morgan fingerprint density at radius 2 is 1.60 bits per heavy atom. The minimum atomic E-state index is -0.999. The van der Waals surface area contributed by atoms with E-state index in [1.807, 2.05) is 60.7 Å². The summed E-state index contributed by atoms with van der Waals surface area (Å²) in [6, 6.07) is 16.8. The summed E-state index contributed by atoms with van der Waals surface area (Å²) in [5, 5.41) is 11.3. The molecule has 0 saturated heterocycles. The molecule has 1 amide bonds. The Balaban J connectivity index is 1.81. The predicted molar refractivity (Wildman–Crippen MR) is 96.8 cm³/mol. The SMILES string of the molecule is O=C(O)/C=C/c1ccccc1C=CCNC(=O)OCc1ccccc1. The van der Waals surface area contributed by atoms with Crippen LogP contribution in [0.1, 0.15) is 16.7 Å². The average molecular weight is 337 g/mol. The largest absolute Gasteiger partial charge is 0.478 e. The highest BCUT2D eigenvalue weighted by atomic mass is 16.5. The van der Waals surface area contributed by atoms with E-state index >= 15 is 0 Å². The molecule has 0 saturated carbocycles. The molecule has 0 aliphatic carbocycles. The highest BCUT2D eigenvalue weighted by Gasteiger charge is 2.00. The van der Waals surface area contributed by atoms with Crippen molar-refractivity contribution < 1.29 is 19.4 Å². The van der Waals surface area contributed by atoms with E-state index in [1.54, 1.807) is 6.08 Å². The first kappa shape index (κ1) is 18.0. The van der Waals surface area contributed by atoms with Crippen LogP contribution in [0.15, 0.2) is 66.7 Å². The van der Waals surface area contributed by atoms with E-state index in [2.05, 4.69) is 5.32 Å². The van der Waals surface area contributed by atoms with Gasteiger partial charge in [0.2, 0.25) is 0 Å². The summed E-state index contributed by atoms with van der Waals surface area (Å²) in [6.07, 6.45) is 5.72. The average Bonchev–Trinajstić information content (AvgIpc) is 2.63. The zero-order chi connectivity index (χ0) is 17.9. The van der Waals surface area contributed by atoms with Gasteiger partial charge in [-0.2, -0.15) is 0 Å². The summed E-state index contributed by atoms with van der Waals surface area (Å²) in [6.45, 7) is 0.532. The van der Waals surface area contributed by atoms with Crippen LogP contribution in [-0.4, -0.2) is 23.7 Å². The van der Waals surface area contributed by atoms with Crippen LogP contribution in [-0.2, 0) is 16.1 Å². The molecule has 0 aliphatic rings. The molecule has 2 aromatic carbocycles. The lowest BCUT2D eigenvalue weighted by molar-refractivity contribution is -0.131. The van der Waals surface area contributed by atoms with E-state index in [-0.39, 0.29) is 6.61 Å². The molecule has 0 bridgehead atoms. The second-order valence-corrected chi connectivity index (χ2v) is 5.15. The van der Waals surface area contributed by atoms with Crippen molar-refractivity contribution in [2.45, 2.75) is 6.61 Å². The van der Waals surface area contributed by atoms with Crippen LogP contribution in [0.3, 0.4) is 0 Å². The molecular formula is C20H19NO4. The van der Waals surface area contributed by atoms with Crippen LogP contribution in [0, 0.1) is 0 Å². The zero-order valence-electron chi connectivity index (χ0n) is 13.6. The molecule has 0 aliphatic heterocycles. The molecule has 5 nitrogen and oxygen atoms in total. The quantitative estimate of drug-likeness (QED) is 0.755. The second kappa shape index (κ2) is 9.72. The number of nitrogens with one attached hydrogen (secondary N) is 1. The van der Waals surface area contributed by atoms with E-state index in [9.17, 15) is 9.59 Å².